The summed E-state index contributed by atoms with van der Waals surface area (Å²) in [7, 11) is 0. The van der Waals surface area contributed by atoms with E-state index in [1.807, 2.05) is 30.3 Å². The van der Waals surface area contributed by atoms with Gasteiger partial charge in [-0.3, -0.25) is 5.32 Å². The van der Waals surface area contributed by atoms with Crippen LogP contribution < -0.4 is 5.32 Å². The fraction of sp³-hybridized carbons (Fsp3) is 0.294. The van der Waals surface area contributed by atoms with Crippen LogP contribution in [-0.4, -0.2) is 22.7 Å². The lowest BCUT2D eigenvalue weighted by molar-refractivity contribution is -0.175. The summed E-state index contributed by atoms with van der Waals surface area (Å²) in [6.07, 6.45) is -2.70. The van der Waals surface area contributed by atoms with E-state index in [4.69, 9.17) is 16.3 Å². The summed E-state index contributed by atoms with van der Waals surface area (Å²) in [5.74, 6) is 0. The second-order valence-electron chi connectivity index (χ2n) is 5.03. The van der Waals surface area contributed by atoms with Gasteiger partial charge in [0, 0.05) is 17.1 Å². The Bertz CT molecular complexity index is 579. The van der Waals surface area contributed by atoms with Crippen molar-refractivity contribution < 1.29 is 14.9 Å². The normalized spacial score (nSPS) is 15.3. The van der Waals surface area contributed by atoms with Gasteiger partial charge in [-0.2, -0.15) is 0 Å². The van der Waals surface area contributed by atoms with Crippen LogP contribution in [0.1, 0.15) is 24.2 Å². The van der Waals surface area contributed by atoms with E-state index in [1.165, 1.54) is 0 Å². The first-order valence-electron chi connectivity index (χ1n) is 7.11. The average Bonchev–Trinajstić information content (AvgIpc) is 2.53. The number of benzene rings is 2. The first kappa shape index (κ1) is 16.9. The number of nitrogens with one attached hydrogen (secondary N) is 1. The average molecular weight is 322 g/mol. The molecular formula is C17H20ClNO3. The zero-order valence-corrected chi connectivity index (χ0v) is 13.1. The molecule has 0 amide bonds. The van der Waals surface area contributed by atoms with Gasteiger partial charge in [0.2, 0.25) is 6.41 Å². The monoisotopic (exact) mass is 321 g/mol. The molecule has 5 heteroatoms. The molecule has 3 N–H and O–H groups in total. The smallest absolute Gasteiger partial charge is 0.214 e. The standard InChI is InChI=1S/C17H20ClNO3/c1-12(16(20)14-9-5-6-10-15(14)18)22-17(21)19-11-13-7-3-2-4-8-13/h2-10,12,16-17,19-21H,11H2,1H3. The van der Waals surface area contributed by atoms with Gasteiger partial charge in [0.25, 0.3) is 0 Å². The molecule has 0 aliphatic heterocycles. The third-order valence-electron chi connectivity index (χ3n) is 3.34. The number of rotatable bonds is 7. The molecule has 4 nitrogen and oxygen atoms in total. The van der Waals surface area contributed by atoms with E-state index in [9.17, 15) is 10.2 Å². The Morgan fingerprint density at radius 1 is 1.05 bits per heavy atom. The van der Waals surface area contributed by atoms with E-state index in [-0.39, 0.29) is 0 Å². The van der Waals surface area contributed by atoms with Crippen LogP contribution in [0.25, 0.3) is 0 Å². The first-order chi connectivity index (χ1) is 10.6. The van der Waals surface area contributed by atoms with E-state index in [2.05, 4.69) is 5.32 Å². The van der Waals surface area contributed by atoms with Gasteiger partial charge in [-0.25, -0.2) is 0 Å². The molecule has 2 aromatic carbocycles. The summed E-state index contributed by atoms with van der Waals surface area (Å²) < 4.78 is 5.38. The summed E-state index contributed by atoms with van der Waals surface area (Å²) >= 11 is 6.05. The predicted octanol–water partition coefficient (Wildman–Crippen LogP) is 2.84. The van der Waals surface area contributed by atoms with Gasteiger partial charge in [0.15, 0.2) is 0 Å². The fourth-order valence-corrected chi connectivity index (χ4v) is 2.34. The molecule has 2 aromatic rings. The lowest BCUT2D eigenvalue weighted by Crippen LogP contribution is -2.35. The molecule has 0 aromatic heterocycles. The van der Waals surface area contributed by atoms with Crippen molar-refractivity contribution in [3.8, 4) is 0 Å². The molecule has 0 spiro atoms. The third kappa shape index (κ3) is 4.80. The number of ether oxygens (including phenoxy) is 1. The van der Waals surface area contributed by atoms with Crippen molar-refractivity contribution in [2.24, 2.45) is 0 Å². The highest BCUT2D eigenvalue weighted by molar-refractivity contribution is 6.31. The van der Waals surface area contributed by atoms with Crippen LogP contribution in [0.2, 0.25) is 5.02 Å². The molecule has 0 bridgehead atoms. The molecule has 2 rings (SSSR count). The van der Waals surface area contributed by atoms with E-state index in [0.717, 1.165) is 5.56 Å². The Hall–Kier alpha value is -1.43. The van der Waals surface area contributed by atoms with Gasteiger partial charge in [-0.05, 0) is 18.6 Å². The van der Waals surface area contributed by atoms with Crippen LogP contribution in [0.15, 0.2) is 54.6 Å². The maximum atomic E-state index is 10.3. The molecule has 0 radical (unpaired) electrons. The topological polar surface area (TPSA) is 61.7 Å². The minimum atomic E-state index is -1.17. The molecule has 0 aliphatic carbocycles. The van der Waals surface area contributed by atoms with Gasteiger partial charge in [0.1, 0.15) is 6.10 Å². The van der Waals surface area contributed by atoms with Crippen molar-refractivity contribution >= 4 is 11.6 Å². The molecular weight excluding hydrogens is 302 g/mol. The van der Waals surface area contributed by atoms with E-state index in [0.29, 0.717) is 17.1 Å². The maximum Gasteiger partial charge on any atom is 0.214 e. The number of aliphatic hydroxyl groups is 2. The summed E-state index contributed by atoms with van der Waals surface area (Å²) in [5.41, 5.74) is 1.61. The van der Waals surface area contributed by atoms with Crippen LogP contribution in [0.4, 0.5) is 0 Å². The van der Waals surface area contributed by atoms with Gasteiger partial charge in [-0.15, -0.1) is 0 Å². The highest BCUT2D eigenvalue weighted by atomic mass is 35.5. The molecule has 22 heavy (non-hydrogen) atoms. The SMILES string of the molecule is CC(OC(O)NCc1ccccc1)C(O)c1ccccc1Cl. The zero-order chi connectivity index (χ0) is 15.9. The Kier molecular flexibility index (Phi) is 6.36. The Morgan fingerprint density at radius 2 is 1.68 bits per heavy atom. The lowest BCUT2D eigenvalue weighted by Gasteiger charge is -2.24. The third-order valence-corrected chi connectivity index (χ3v) is 3.68. The van der Waals surface area contributed by atoms with Crippen LogP contribution in [0.5, 0.6) is 0 Å². The van der Waals surface area contributed by atoms with E-state index in [1.54, 1.807) is 31.2 Å². The Balaban J connectivity index is 1.85. The maximum absolute atomic E-state index is 10.3. The molecule has 3 unspecified atom stereocenters. The second kappa shape index (κ2) is 8.27. The number of hydrogen-bond donors (Lipinski definition) is 3. The molecule has 3 atom stereocenters. The van der Waals surface area contributed by atoms with E-state index < -0.39 is 18.6 Å². The van der Waals surface area contributed by atoms with Crippen molar-refractivity contribution in [2.75, 3.05) is 0 Å². The Labute approximate surface area is 135 Å². The van der Waals surface area contributed by atoms with Crippen molar-refractivity contribution in [1.82, 2.24) is 5.32 Å². The number of aliphatic hydroxyl groups excluding tert-OH is 2. The molecule has 0 fully saturated rings. The summed E-state index contributed by atoms with van der Waals surface area (Å²) in [6.45, 7) is 2.15. The summed E-state index contributed by atoms with van der Waals surface area (Å²) in [4.78, 5) is 0. The van der Waals surface area contributed by atoms with Gasteiger partial charge >= 0.3 is 0 Å². The second-order valence-corrected chi connectivity index (χ2v) is 5.43. The van der Waals surface area contributed by atoms with Crippen molar-refractivity contribution in [2.45, 2.75) is 32.1 Å². The highest BCUT2D eigenvalue weighted by Crippen LogP contribution is 2.26. The first-order valence-corrected chi connectivity index (χ1v) is 7.49. The van der Waals surface area contributed by atoms with Crippen molar-refractivity contribution in [1.29, 1.82) is 0 Å². The van der Waals surface area contributed by atoms with Crippen LogP contribution in [0.3, 0.4) is 0 Å². The molecule has 0 aliphatic rings. The summed E-state index contributed by atoms with van der Waals surface area (Å²) in [6, 6.07) is 16.7. The molecule has 118 valence electrons. The van der Waals surface area contributed by atoms with Crippen LogP contribution in [0, 0.1) is 0 Å². The van der Waals surface area contributed by atoms with E-state index >= 15 is 0 Å². The highest BCUT2D eigenvalue weighted by Gasteiger charge is 2.21. The van der Waals surface area contributed by atoms with Gasteiger partial charge < -0.3 is 14.9 Å². The number of hydrogen-bond acceptors (Lipinski definition) is 4. The minimum absolute atomic E-state index is 0.469. The lowest BCUT2D eigenvalue weighted by atomic mass is 10.1. The largest absolute Gasteiger partial charge is 0.386 e. The minimum Gasteiger partial charge on any atom is -0.386 e. The zero-order valence-electron chi connectivity index (χ0n) is 12.3. The van der Waals surface area contributed by atoms with Gasteiger partial charge in [-0.1, -0.05) is 60.1 Å². The van der Waals surface area contributed by atoms with Crippen LogP contribution >= 0.6 is 11.6 Å². The molecule has 0 saturated heterocycles. The van der Waals surface area contributed by atoms with Crippen molar-refractivity contribution in [3.05, 3.63) is 70.7 Å². The molecule has 0 heterocycles. The van der Waals surface area contributed by atoms with Crippen molar-refractivity contribution in [3.63, 3.8) is 0 Å². The fourth-order valence-electron chi connectivity index (χ4n) is 2.09. The predicted molar refractivity (Wildman–Crippen MR) is 86.2 cm³/mol. The summed E-state index contributed by atoms with van der Waals surface area (Å²) in [5, 5.41) is 23.4. The number of halogens is 1. The van der Waals surface area contributed by atoms with Gasteiger partial charge in [0.05, 0.1) is 6.10 Å². The quantitative estimate of drug-likeness (QED) is 0.686. The molecule has 0 saturated carbocycles. The Morgan fingerprint density at radius 3 is 2.36 bits per heavy atom. The van der Waals surface area contributed by atoms with Crippen LogP contribution in [-0.2, 0) is 11.3 Å².